The Bertz CT molecular complexity index is 441. The molecule has 2 fully saturated rings. The van der Waals surface area contributed by atoms with Crippen LogP contribution in [-0.4, -0.2) is 6.04 Å². The van der Waals surface area contributed by atoms with Gasteiger partial charge in [-0.1, -0.05) is 18.6 Å². The Morgan fingerprint density at radius 1 is 1.11 bits per heavy atom. The monoisotopic (exact) mass is 269 g/mol. The van der Waals surface area contributed by atoms with Crippen molar-refractivity contribution >= 4 is 0 Å². The van der Waals surface area contributed by atoms with Crippen LogP contribution in [-0.2, 0) is 12.6 Å². The van der Waals surface area contributed by atoms with Gasteiger partial charge in [0, 0.05) is 6.04 Å². The van der Waals surface area contributed by atoms with Crippen molar-refractivity contribution in [1.82, 2.24) is 0 Å². The molecule has 0 amide bonds. The van der Waals surface area contributed by atoms with E-state index in [2.05, 4.69) is 0 Å². The molecule has 1 aromatic carbocycles. The third-order valence-electron chi connectivity index (χ3n) is 4.72. The lowest BCUT2D eigenvalue weighted by Crippen LogP contribution is -2.27. The van der Waals surface area contributed by atoms with Gasteiger partial charge < -0.3 is 5.73 Å². The number of hydrogen-bond donors (Lipinski definition) is 1. The van der Waals surface area contributed by atoms with E-state index in [9.17, 15) is 13.2 Å². The Kier molecular flexibility index (Phi) is 3.08. The normalized spacial score (nSPS) is 31.1. The Balaban J connectivity index is 1.61. The minimum atomic E-state index is -4.26. The average Bonchev–Trinajstić information content (AvgIpc) is 2.83. The third-order valence-corrected chi connectivity index (χ3v) is 4.72. The Hall–Kier alpha value is -1.03. The second kappa shape index (κ2) is 4.51. The van der Waals surface area contributed by atoms with Gasteiger partial charge in [-0.3, -0.25) is 0 Å². The van der Waals surface area contributed by atoms with Crippen LogP contribution in [0.1, 0.15) is 30.4 Å². The van der Waals surface area contributed by atoms with Crippen LogP contribution in [0.5, 0.6) is 0 Å². The van der Waals surface area contributed by atoms with Gasteiger partial charge in [0.25, 0.3) is 0 Å². The van der Waals surface area contributed by atoms with Crippen LogP contribution >= 0.6 is 0 Å². The van der Waals surface area contributed by atoms with Gasteiger partial charge in [-0.05, 0) is 54.7 Å². The van der Waals surface area contributed by atoms with E-state index in [1.54, 1.807) is 12.1 Å². The van der Waals surface area contributed by atoms with Crippen molar-refractivity contribution in [3.63, 3.8) is 0 Å². The van der Waals surface area contributed by atoms with Gasteiger partial charge in [0.15, 0.2) is 0 Å². The number of hydrogen-bond acceptors (Lipinski definition) is 1. The van der Waals surface area contributed by atoms with Crippen molar-refractivity contribution in [2.75, 3.05) is 0 Å². The summed E-state index contributed by atoms with van der Waals surface area (Å²) in [6, 6.07) is 5.51. The molecule has 0 heterocycles. The summed E-state index contributed by atoms with van der Waals surface area (Å²) in [7, 11) is 0. The standard InChI is InChI=1S/C15H18F3N/c16-15(17,18)10-6-4-9(5-7-10)8-13(19)14-11-2-1-3-12(11)14/h4-7,11-14H,1-3,8,19H2. The molecule has 3 atom stereocenters. The molecular weight excluding hydrogens is 251 g/mol. The fourth-order valence-corrected chi connectivity index (χ4v) is 3.75. The van der Waals surface area contributed by atoms with E-state index < -0.39 is 11.7 Å². The van der Waals surface area contributed by atoms with Gasteiger partial charge in [0.2, 0.25) is 0 Å². The summed E-state index contributed by atoms with van der Waals surface area (Å²) in [6.45, 7) is 0. The minimum Gasteiger partial charge on any atom is -0.327 e. The molecule has 0 spiro atoms. The van der Waals surface area contributed by atoms with E-state index in [0.29, 0.717) is 12.3 Å². The van der Waals surface area contributed by atoms with E-state index in [0.717, 1.165) is 29.5 Å². The molecule has 2 saturated carbocycles. The van der Waals surface area contributed by atoms with E-state index in [1.807, 2.05) is 0 Å². The van der Waals surface area contributed by atoms with E-state index in [4.69, 9.17) is 5.73 Å². The highest BCUT2D eigenvalue weighted by Gasteiger charge is 2.54. The minimum absolute atomic E-state index is 0.104. The number of benzene rings is 1. The molecule has 2 aliphatic carbocycles. The van der Waals surface area contributed by atoms with Crippen LogP contribution in [0.4, 0.5) is 13.2 Å². The van der Waals surface area contributed by atoms with Crippen molar-refractivity contribution in [3.05, 3.63) is 35.4 Å². The van der Waals surface area contributed by atoms with Crippen LogP contribution in [0.25, 0.3) is 0 Å². The summed E-state index contributed by atoms with van der Waals surface area (Å²) in [5.74, 6) is 2.20. The Morgan fingerprint density at radius 2 is 1.68 bits per heavy atom. The number of rotatable bonds is 3. The lowest BCUT2D eigenvalue weighted by Gasteiger charge is -2.14. The van der Waals surface area contributed by atoms with Gasteiger partial charge in [0.1, 0.15) is 0 Å². The summed E-state index contributed by atoms with van der Waals surface area (Å²) in [5, 5.41) is 0. The van der Waals surface area contributed by atoms with Gasteiger partial charge >= 0.3 is 6.18 Å². The molecule has 0 radical (unpaired) electrons. The number of alkyl halides is 3. The number of fused-ring (bicyclic) bond motifs is 1. The van der Waals surface area contributed by atoms with E-state index in [1.165, 1.54) is 19.3 Å². The maximum atomic E-state index is 12.5. The van der Waals surface area contributed by atoms with Crippen LogP contribution in [0.3, 0.4) is 0 Å². The molecule has 19 heavy (non-hydrogen) atoms. The SMILES string of the molecule is NC(Cc1ccc(C(F)(F)F)cc1)C1C2CCCC21. The van der Waals surface area contributed by atoms with E-state index >= 15 is 0 Å². The second-order valence-corrected chi connectivity index (χ2v) is 5.90. The predicted molar refractivity (Wildman–Crippen MR) is 67.4 cm³/mol. The molecule has 0 bridgehead atoms. The zero-order valence-corrected chi connectivity index (χ0v) is 10.7. The predicted octanol–water partition coefficient (Wildman–Crippen LogP) is 3.62. The summed E-state index contributed by atoms with van der Waals surface area (Å²) in [6.07, 6.45) is 0.328. The van der Waals surface area contributed by atoms with Crippen LogP contribution < -0.4 is 5.73 Å². The molecule has 2 N–H and O–H groups in total. The number of halogens is 3. The largest absolute Gasteiger partial charge is 0.416 e. The van der Waals surface area contributed by atoms with Crippen molar-refractivity contribution in [1.29, 1.82) is 0 Å². The molecular formula is C15H18F3N. The lowest BCUT2D eigenvalue weighted by atomic mass is 9.97. The highest BCUT2D eigenvalue weighted by atomic mass is 19.4. The van der Waals surface area contributed by atoms with Gasteiger partial charge in [-0.25, -0.2) is 0 Å². The first-order valence-electron chi connectivity index (χ1n) is 6.88. The van der Waals surface area contributed by atoms with Crippen molar-refractivity contribution in [2.24, 2.45) is 23.5 Å². The van der Waals surface area contributed by atoms with Gasteiger partial charge in [0.05, 0.1) is 5.56 Å². The molecule has 2 aliphatic rings. The van der Waals surface area contributed by atoms with Gasteiger partial charge in [-0.2, -0.15) is 13.2 Å². The zero-order valence-electron chi connectivity index (χ0n) is 10.7. The Labute approximate surface area is 111 Å². The molecule has 0 saturated heterocycles. The molecule has 0 aliphatic heterocycles. The van der Waals surface area contributed by atoms with Crippen molar-refractivity contribution in [3.8, 4) is 0 Å². The topological polar surface area (TPSA) is 26.0 Å². The van der Waals surface area contributed by atoms with Crippen LogP contribution in [0.2, 0.25) is 0 Å². The molecule has 4 heteroatoms. The maximum absolute atomic E-state index is 12.5. The molecule has 104 valence electrons. The maximum Gasteiger partial charge on any atom is 0.416 e. The summed E-state index contributed by atoms with van der Waals surface area (Å²) in [5.41, 5.74) is 6.52. The fraction of sp³-hybridized carbons (Fsp3) is 0.600. The Morgan fingerprint density at radius 3 is 2.21 bits per heavy atom. The fourth-order valence-electron chi connectivity index (χ4n) is 3.75. The van der Waals surface area contributed by atoms with E-state index in [-0.39, 0.29) is 6.04 Å². The molecule has 1 aromatic rings. The third kappa shape index (κ3) is 2.50. The summed E-state index contributed by atoms with van der Waals surface area (Å²) >= 11 is 0. The summed E-state index contributed by atoms with van der Waals surface area (Å²) < 4.78 is 37.4. The quantitative estimate of drug-likeness (QED) is 0.891. The molecule has 3 rings (SSSR count). The first-order valence-corrected chi connectivity index (χ1v) is 6.88. The van der Waals surface area contributed by atoms with Gasteiger partial charge in [-0.15, -0.1) is 0 Å². The highest BCUT2D eigenvalue weighted by Crippen LogP contribution is 2.58. The first-order chi connectivity index (χ1) is 8.97. The average molecular weight is 269 g/mol. The smallest absolute Gasteiger partial charge is 0.327 e. The number of nitrogens with two attached hydrogens (primary N) is 1. The second-order valence-electron chi connectivity index (χ2n) is 5.90. The van der Waals surface area contributed by atoms with Crippen molar-refractivity contribution < 1.29 is 13.2 Å². The molecule has 0 aromatic heterocycles. The molecule has 1 nitrogen and oxygen atoms in total. The lowest BCUT2D eigenvalue weighted by molar-refractivity contribution is -0.137. The first kappa shape index (κ1) is 13.0. The zero-order chi connectivity index (χ0) is 13.6. The summed E-state index contributed by atoms with van der Waals surface area (Å²) in [4.78, 5) is 0. The highest BCUT2D eigenvalue weighted by molar-refractivity contribution is 5.25. The molecule has 3 unspecified atom stereocenters. The van der Waals surface area contributed by atoms with Crippen molar-refractivity contribution in [2.45, 2.75) is 37.9 Å². The van der Waals surface area contributed by atoms with Crippen LogP contribution in [0, 0.1) is 17.8 Å². The van der Waals surface area contributed by atoms with Crippen LogP contribution in [0.15, 0.2) is 24.3 Å².